The molecule has 0 aliphatic carbocycles. The van der Waals surface area contributed by atoms with Gasteiger partial charge in [-0.2, -0.15) is 5.10 Å². The van der Waals surface area contributed by atoms with Gasteiger partial charge in [-0.15, -0.1) is 11.3 Å². The van der Waals surface area contributed by atoms with E-state index in [0.717, 1.165) is 13.0 Å². The van der Waals surface area contributed by atoms with Crippen molar-refractivity contribution in [3.63, 3.8) is 0 Å². The zero-order valence-corrected chi connectivity index (χ0v) is 13.8. The second kappa shape index (κ2) is 5.20. The van der Waals surface area contributed by atoms with Gasteiger partial charge < -0.3 is 4.90 Å². The molecule has 0 fully saturated rings. The van der Waals surface area contributed by atoms with Gasteiger partial charge in [0, 0.05) is 34.8 Å². The quantitative estimate of drug-likeness (QED) is 0.640. The van der Waals surface area contributed by atoms with Gasteiger partial charge in [0.05, 0.1) is 6.04 Å². The highest BCUT2D eigenvalue weighted by Crippen LogP contribution is 2.35. The van der Waals surface area contributed by atoms with Crippen molar-refractivity contribution in [2.75, 3.05) is 6.54 Å². The molecule has 4 heterocycles. The molecule has 1 atom stereocenters. The number of nitrogens with zero attached hydrogens (tertiary/aromatic N) is 4. The van der Waals surface area contributed by atoms with E-state index in [2.05, 4.69) is 30.0 Å². The van der Waals surface area contributed by atoms with E-state index in [-0.39, 0.29) is 11.9 Å². The van der Waals surface area contributed by atoms with Crippen molar-refractivity contribution in [2.24, 2.45) is 0 Å². The van der Waals surface area contributed by atoms with E-state index in [1.165, 1.54) is 15.3 Å². The predicted octanol–water partition coefficient (Wildman–Crippen LogP) is 1.65. The maximum Gasteiger partial charge on any atom is 0.274 e. The van der Waals surface area contributed by atoms with Crippen LogP contribution in [-0.4, -0.2) is 39.8 Å². The fourth-order valence-electron chi connectivity index (χ4n) is 3.13. The van der Waals surface area contributed by atoms with Crippen LogP contribution in [0, 0.1) is 6.92 Å². The van der Waals surface area contributed by atoms with Crippen LogP contribution in [0.1, 0.15) is 38.8 Å². The number of hydrogen-bond acceptors (Lipinski definition) is 4. The molecule has 0 aromatic carbocycles. The van der Waals surface area contributed by atoms with E-state index in [1.807, 2.05) is 16.2 Å². The van der Waals surface area contributed by atoms with Crippen LogP contribution in [0.5, 0.6) is 0 Å². The molecule has 4 rings (SSSR count). The molecule has 114 valence electrons. The smallest absolute Gasteiger partial charge is 0.274 e. The molecule has 3 aromatic rings. The van der Waals surface area contributed by atoms with Gasteiger partial charge in [-0.05, 0) is 31.9 Å². The normalized spacial score (nSPS) is 17.5. The Morgan fingerprint density at radius 2 is 2.26 bits per heavy atom. The first-order chi connectivity index (χ1) is 11.0. The average molecular weight is 322 g/mol. The van der Waals surface area contributed by atoms with Crippen molar-refractivity contribution in [1.29, 1.82) is 0 Å². The van der Waals surface area contributed by atoms with Crippen molar-refractivity contribution in [3.05, 3.63) is 45.5 Å². The van der Waals surface area contributed by atoms with Crippen molar-refractivity contribution >= 4 is 36.2 Å². The molecule has 7 heteroatoms. The number of hydrogen-bond donors (Lipinski definition) is 0. The monoisotopic (exact) mass is 322 g/mol. The summed E-state index contributed by atoms with van der Waals surface area (Å²) in [4.78, 5) is 21.6. The van der Waals surface area contributed by atoms with Crippen molar-refractivity contribution < 1.29 is 4.79 Å². The summed E-state index contributed by atoms with van der Waals surface area (Å²) < 4.78 is 1.55. The number of carbonyl (C=O) groups excluding carboxylic acids is 1. The molecule has 1 amide bonds. The van der Waals surface area contributed by atoms with Gasteiger partial charge in [-0.25, -0.2) is 9.50 Å². The number of fused-ring (bicyclic) bond motifs is 2. The van der Waals surface area contributed by atoms with Gasteiger partial charge in [-0.1, -0.05) is 5.46 Å². The van der Waals surface area contributed by atoms with E-state index in [4.69, 9.17) is 7.85 Å². The summed E-state index contributed by atoms with van der Waals surface area (Å²) in [6.07, 6.45) is 4.14. The first-order valence-electron chi connectivity index (χ1n) is 7.54. The summed E-state index contributed by atoms with van der Waals surface area (Å²) >= 11 is 1.83. The first-order valence-corrected chi connectivity index (χ1v) is 8.35. The molecule has 0 saturated heterocycles. The van der Waals surface area contributed by atoms with E-state index < -0.39 is 0 Å². The van der Waals surface area contributed by atoms with Gasteiger partial charge in [0.15, 0.2) is 11.3 Å². The Balaban J connectivity index is 1.68. The predicted molar refractivity (Wildman–Crippen MR) is 90.6 cm³/mol. The van der Waals surface area contributed by atoms with E-state index >= 15 is 0 Å². The Morgan fingerprint density at radius 3 is 3.09 bits per heavy atom. The zero-order chi connectivity index (χ0) is 16.1. The lowest BCUT2D eigenvalue weighted by molar-refractivity contribution is 0.0673. The second-order valence-corrected chi connectivity index (χ2v) is 7.22. The van der Waals surface area contributed by atoms with Gasteiger partial charge in [0.25, 0.3) is 5.91 Å². The number of rotatable bonds is 1. The average Bonchev–Trinajstić information content (AvgIpc) is 3.09. The van der Waals surface area contributed by atoms with E-state index in [1.54, 1.807) is 23.0 Å². The number of carbonyl (C=O) groups is 1. The fourth-order valence-corrected chi connectivity index (χ4v) is 4.25. The van der Waals surface area contributed by atoms with E-state index in [9.17, 15) is 4.79 Å². The SMILES string of the molecule is [B]c1cnc2cc(C(=O)N3CCc4sc(C)cc4C3C)nn2c1. The number of aromatic nitrogens is 3. The molecule has 1 aliphatic rings. The molecule has 0 N–H and O–H groups in total. The molecule has 1 unspecified atom stereocenters. The van der Waals surface area contributed by atoms with Crippen LogP contribution in [0.2, 0.25) is 0 Å². The maximum atomic E-state index is 12.9. The summed E-state index contributed by atoms with van der Waals surface area (Å²) in [7, 11) is 5.71. The molecule has 23 heavy (non-hydrogen) atoms. The lowest BCUT2D eigenvalue weighted by atomic mass is 10.0. The second-order valence-electron chi connectivity index (χ2n) is 5.88. The van der Waals surface area contributed by atoms with Gasteiger partial charge in [-0.3, -0.25) is 4.79 Å². The number of amides is 1. The lowest BCUT2D eigenvalue weighted by Gasteiger charge is -2.33. The minimum absolute atomic E-state index is 0.0592. The topological polar surface area (TPSA) is 50.5 Å². The highest BCUT2D eigenvalue weighted by Gasteiger charge is 2.30. The lowest BCUT2D eigenvalue weighted by Crippen LogP contribution is -2.38. The minimum atomic E-state index is -0.0592. The third-order valence-electron chi connectivity index (χ3n) is 4.28. The number of aryl methyl sites for hydroxylation is 1. The summed E-state index contributed by atoms with van der Waals surface area (Å²) in [5, 5.41) is 4.33. The Labute approximate surface area is 139 Å². The van der Waals surface area contributed by atoms with Crippen LogP contribution in [0.3, 0.4) is 0 Å². The molecule has 2 radical (unpaired) electrons. The van der Waals surface area contributed by atoms with Crippen molar-refractivity contribution in [1.82, 2.24) is 19.5 Å². The molecular formula is C16H15BN4OS. The Kier molecular flexibility index (Phi) is 3.26. The Morgan fingerprint density at radius 1 is 1.43 bits per heavy atom. The molecule has 5 nitrogen and oxygen atoms in total. The summed E-state index contributed by atoms with van der Waals surface area (Å²) in [6.45, 7) is 4.91. The third kappa shape index (κ3) is 2.35. The molecule has 1 aliphatic heterocycles. The highest BCUT2D eigenvalue weighted by molar-refractivity contribution is 7.12. The number of thiophene rings is 1. The summed E-state index contributed by atoms with van der Waals surface area (Å²) in [5.41, 5.74) is 2.81. The standard InChI is InChI=1S/C16H15BN4OS/c1-9-5-12-10(2)20(4-3-14(12)23-9)16(22)13-6-15-18-7-11(17)8-21(15)19-13/h5-8,10H,3-4H2,1-2H3. The molecule has 0 saturated carbocycles. The first kappa shape index (κ1) is 14.4. The van der Waals surface area contributed by atoms with Gasteiger partial charge in [0.2, 0.25) is 0 Å². The maximum absolute atomic E-state index is 12.9. The third-order valence-corrected chi connectivity index (χ3v) is 5.40. The largest absolute Gasteiger partial charge is 0.330 e. The van der Waals surface area contributed by atoms with Crippen LogP contribution < -0.4 is 5.46 Å². The van der Waals surface area contributed by atoms with Crippen LogP contribution in [0.25, 0.3) is 5.65 Å². The molecule has 0 bridgehead atoms. The molecular weight excluding hydrogens is 307 g/mol. The van der Waals surface area contributed by atoms with Gasteiger partial charge >= 0.3 is 0 Å². The molecule has 0 spiro atoms. The molecule has 3 aromatic heterocycles. The van der Waals surface area contributed by atoms with Crippen molar-refractivity contribution in [3.8, 4) is 0 Å². The van der Waals surface area contributed by atoms with Crippen LogP contribution >= 0.6 is 11.3 Å². The van der Waals surface area contributed by atoms with Crippen molar-refractivity contribution in [2.45, 2.75) is 26.3 Å². The van der Waals surface area contributed by atoms with Crippen LogP contribution in [-0.2, 0) is 6.42 Å². The van der Waals surface area contributed by atoms with Gasteiger partial charge in [0.1, 0.15) is 7.85 Å². The summed E-state index contributed by atoms with van der Waals surface area (Å²) in [6, 6.07) is 3.97. The Hall–Kier alpha value is -2.15. The highest BCUT2D eigenvalue weighted by atomic mass is 32.1. The van der Waals surface area contributed by atoms with Crippen LogP contribution in [0.15, 0.2) is 24.5 Å². The van der Waals surface area contributed by atoms with Crippen LogP contribution in [0.4, 0.5) is 0 Å². The summed E-state index contributed by atoms with van der Waals surface area (Å²) in [5.74, 6) is -0.0592. The Bertz CT molecular complexity index is 916. The van der Waals surface area contributed by atoms with E-state index in [0.29, 0.717) is 16.8 Å². The zero-order valence-electron chi connectivity index (χ0n) is 13.0. The minimum Gasteiger partial charge on any atom is -0.330 e. The fraction of sp³-hybridized carbons (Fsp3) is 0.312.